The van der Waals surface area contributed by atoms with Crippen molar-refractivity contribution < 1.29 is 0 Å². The second-order valence-corrected chi connectivity index (χ2v) is 5.58. The van der Waals surface area contributed by atoms with Crippen molar-refractivity contribution >= 4 is 17.4 Å². The molecule has 1 aliphatic heterocycles. The highest BCUT2D eigenvalue weighted by atomic mass is 32.2. The van der Waals surface area contributed by atoms with Crippen LogP contribution >= 0.6 is 11.8 Å². The number of hydrogen-bond acceptors (Lipinski definition) is 2. The molecule has 1 nitrogen and oxygen atoms in total. The molecular weight excluding hydrogens is 190 g/mol. The average Bonchev–Trinajstić information content (AvgIpc) is 2.38. The number of hydrogen-bond donors (Lipinski definition) is 0. The van der Waals surface area contributed by atoms with Gasteiger partial charge in [-0.1, -0.05) is 30.5 Å². The van der Waals surface area contributed by atoms with Gasteiger partial charge in [0.05, 0.1) is 10.7 Å². The maximum atomic E-state index is 4.11. The molecule has 14 heavy (non-hydrogen) atoms. The van der Waals surface area contributed by atoms with E-state index in [0.29, 0.717) is 0 Å². The Morgan fingerprint density at radius 1 is 1.21 bits per heavy atom. The third-order valence-electron chi connectivity index (χ3n) is 2.25. The molecule has 0 N–H and O–H groups in total. The third-order valence-corrected chi connectivity index (χ3v) is 3.24. The summed E-state index contributed by atoms with van der Waals surface area (Å²) in [6, 6.07) is 8.46. The molecule has 2 heteroatoms. The molecule has 0 radical (unpaired) electrons. The summed E-state index contributed by atoms with van der Waals surface area (Å²) in [4.78, 5) is 3.61. The minimum absolute atomic E-state index is 0.108. The van der Waals surface area contributed by atoms with Crippen LogP contribution in [0.1, 0.15) is 20.8 Å². The van der Waals surface area contributed by atoms with Gasteiger partial charge in [0.25, 0.3) is 0 Å². The van der Waals surface area contributed by atoms with E-state index >= 15 is 0 Å². The molecule has 0 saturated heterocycles. The standard InChI is InChI=1S/C12H15NS/c1-9-13(12(2,3)4)10-7-5-6-8-11(10)14-9/h5-8H,1H2,2-4H3. The van der Waals surface area contributed by atoms with Crippen LogP contribution in [0.2, 0.25) is 0 Å². The van der Waals surface area contributed by atoms with Gasteiger partial charge in [0.15, 0.2) is 0 Å². The number of thioether (sulfide) groups is 1. The summed E-state index contributed by atoms with van der Waals surface area (Å²) in [6.07, 6.45) is 0. The number of nitrogens with zero attached hydrogens (tertiary/aromatic N) is 1. The lowest BCUT2D eigenvalue weighted by molar-refractivity contribution is 0.553. The van der Waals surface area contributed by atoms with Gasteiger partial charge < -0.3 is 4.90 Å². The Morgan fingerprint density at radius 2 is 1.86 bits per heavy atom. The summed E-state index contributed by atoms with van der Waals surface area (Å²) in [5.41, 5.74) is 1.39. The first-order chi connectivity index (χ1) is 6.50. The SMILES string of the molecule is C=C1Sc2ccccc2N1C(C)(C)C. The van der Waals surface area contributed by atoms with Gasteiger partial charge in [-0.25, -0.2) is 0 Å². The van der Waals surface area contributed by atoms with Gasteiger partial charge >= 0.3 is 0 Å². The first-order valence-electron chi connectivity index (χ1n) is 4.76. The van der Waals surface area contributed by atoms with Crippen LogP contribution in [0.4, 0.5) is 5.69 Å². The van der Waals surface area contributed by atoms with Crippen LogP contribution < -0.4 is 4.90 Å². The molecular formula is C12H15NS. The van der Waals surface area contributed by atoms with Crippen molar-refractivity contribution in [1.29, 1.82) is 0 Å². The predicted molar refractivity (Wildman–Crippen MR) is 63.7 cm³/mol. The molecule has 0 fully saturated rings. The fraction of sp³-hybridized carbons (Fsp3) is 0.333. The molecule has 1 heterocycles. The highest BCUT2D eigenvalue weighted by Gasteiger charge is 2.31. The van der Waals surface area contributed by atoms with E-state index < -0.39 is 0 Å². The smallest absolute Gasteiger partial charge is 0.0733 e. The van der Waals surface area contributed by atoms with E-state index in [1.165, 1.54) is 10.6 Å². The zero-order valence-electron chi connectivity index (χ0n) is 8.87. The molecule has 0 atom stereocenters. The van der Waals surface area contributed by atoms with Gasteiger partial charge in [0, 0.05) is 10.4 Å². The molecule has 74 valence electrons. The molecule has 0 bridgehead atoms. The summed E-state index contributed by atoms with van der Waals surface area (Å²) in [5.74, 6) is 0. The monoisotopic (exact) mass is 205 g/mol. The van der Waals surface area contributed by atoms with E-state index in [9.17, 15) is 0 Å². The van der Waals surface area contributed by atoms with Crippen molar-refractivity contribution in [2.45, 2.75) is 31.2 Å². The summed E-state index contributed by atoms with van der Waals surface area (Å²) >= 11 is 1.76. The van der Waals surface area contributed by atoms with Crippen molar-refractivity contribution in [2.24, 2.45) is 0 Å². The number of fused-ring (bicyclic) bond motifs is 1. The highest BCUT2D eigenvalue weighted by Crippen LogP contribution is 2.48. The van der Waals surface area contributed by atoms with Crippen LogP contribution in [0.5, 0.6) is 0 Å². The molecule has 1 aromatic carbocycles. The molecule has 0 unspecified atom stereocenters. The van der Waals surface area contributed by atoms with Crippen molar-refractivity contribution in [3.8, 4) is 0 Å². The van der Waals surface area contributed by atoms with E-state index in [-0.39, 0.29) is 5.54 Å². The number of para-hydroxylation sites is 1. The summed E-state index contributed by atoms with van der Waals surface area (Å²) < 4.78 is 0. The summed E-state index contributed by atoms with van der Waals surface area (Å²) in [6.45, 7) is 10.7. The van der Waals surface area contributed by atoms with Gasteiger partial charge in [-0.05, 0) is 32.9 Å². The topological polar surface area (TPSA) is 3.24 Å². The fourth-order valence-corrected chi connectivity index (χ4v) is 2.90. The Balaban J connectivity index is 2.50. The number of anilines is 1. The predicted octanol–water partition coefficient (Wildman–Crippen LogP) is 3.87. The van der Waals surface area contributed by atoms with Crippen LogP contribution in [0.15, 0.2) is 40.8 Å². The van der Waals surface area contributed by atoms with E-state index in [2.05, 4.69) is 56.5 Å². The molecule has 2 rings (SSSR count). The van der Waals surface area contributed by atoms with E-state index in [1.807, 2.05) is 0 Å². The number of rotatable bonds is 0. The quantitative estimate of drug-likeness (QED) is 0.632. The first-order valence-corrected chi connectivity index (χ1v) is 5.58. The van der Waals surface area contributed by atoms with Gasteiger partial charge in [-0.2, -0.15) is 0 Å². The van der Waals surface area contributed by atoms with Crippen molar-refractivity contribution in [3.63, 3.8) is 0 Å². The lowest BCUT2D eigenvalue weighted by Gasteiger charge is -2.34. The molecule has 0 aliphatic carbocycles. The molecule has 0 saturated carbocycles. The Bertz CT molecular complexity index is 376. The lowest BCUT2D eigenvalue weighted by Crippen LogP contribution is -2.37. The minimum Gasteiger partial charge on any atom is -0.330 e. The van der Waals surface area contributed by atoms with Crippen LogP contribution in [-0.4, -0.2) is 5.54 Å². The second-order valence-electron chi connectivity index (χ2n) is 4.47. The Hall–Kier alpha value is -0.890. The highest BCUT2D eigenvalue weighted by molar-refractivity contribution is 8.03. The van der Waals surface area contributed by atoms with Crippen LogP contribution in [0, 0.1) is 0 Å². The largest absolute Gasteiger partial charge is 0.330 e. The maximum absolute atomic E-state index is 4.11. The van der Waals surface area contributed by atoms with Gasteiger partial charge in [-0.15, -0.1) is 0 Å². The zero-order valence-corrected chi connectivity index (χ0v) is 9.69. The Morgan fingerprint density at radius 3 is 2.50 bits per heavy atom. The van der Waals surface area contributed by atoms with Crippen molar-refractivity contribution in [3.05, 3.63) is 35.9 Å². The lowest BCUT2D eigenvalue weighted by atomic mass is 10.1. The van der Waals surface area contributed by atoms with Crippen LogP contribution in [0.3, 0.4) is 0 Å². The van der Waals surface area contributed by atoms with E-state index in [4.69, 9.17) is 0 Å². The van der Waals surface area contributed by atoms with Crippen LogP contribution in [0.25, 0.3) is 0 Å². The summed E-state index contributed by atoms with van der Waals surface area (Å²) in [7, 11) is 0. The van der Waals surface area contributed by atoms with Gasteiger partial charge in [0.1, 0.15) is 0 Å². The average molecular weight is 205 g/mol. The van der Waals surface area contributed by atoms with E-state index in [1.54, 1.807) is 11.8 Å². The van der Waals surface area contributed by atoms with Crippen LogP contribution in [-0.2, 0) is 0 Å². The molecule has 0 amide bonds. The fourth-order valence-electron chi connectivity index (χ4n) is 1.77. The molecule has 1 aliphatic rings. The molecule has 0 aromatic heterocycles. The Labute approximate surface area is 89.8 Å². The van der Waals surface area contributed by atoms with Crippen molar-refractivity contribution in [2.75, 3.05) is 4.90 Å². The Kier molecular flexibility index (Phi) is 2.11. The molecule has 0 spiro atoms. The second kappa shape index (κ2) is 3.06. The maximum Gasteiger partial charge on any atom is 0.0733 e. The number of benzene rings is 1. The molecule has 1 aromatic rings. The van der Waals surface area contributed by atoms with Gasteiger partial charge in [-0.3, -0.25) is 0 Å². The van der Waals surface area contributed by atoms with Gasteiger partial charge in [0.2, 0.25) is 0 Å². The normalized spacial score (nSPS) is 15.9. The van der Waals surface area contributed by atoms with Crippen molar-refractivity contribution in [1.82, 2.24) is 0 Å². The minimum atomic E-state index is 0.108. The summed E-state index contributed by atoms with van der Waals surface area (Å²) in [5, 5.41) is 1.12. The van der Waals surface area contributed by atoms with E-state index in [0.717, 1.165) is 5.03 Å². The third kappa shape index (κ3) is 1.44. The zero-order chi connectivity index (χ0) is 10.3. The first kappa shape index (κ1) is 9.66.